The summed E-state index contributed by atoms with van der Waals surface area (Å²) in [5.74, 6) is 0.230. The molecule has 2 rings (SSSR count). The summed E-state index contributed by atoms with van der Waals surface area (Å²) in [6.07, 6.45) is -0.848. The van der Waals surface area contributed by atoms with Gasteiger partial charge in [-0.2, -0.15) is 5.10 Å². The molecule has 0 saturated carbocycles. The molecule has 1 aromatic heterocycles. The highest BCUT2D eigenvalue weighted by Crippen LogP contribution is 2.09. The van der Waals surface area contributed by atoms with Crippen LogP contribution in [0.3, 0.4) is 0 Å². The van der Waals surface area contributed by atoms with Crippen molar-refractivity contribution in [1.82, 2.24) is 15.2 Å². The number of H-pyrrole nitrogens is 2. The highest BCUT2D eigenvalue weighted by molar-refractivity contribution is 5.42. The maximum absolute atomic E-state index is 10.8. The van der Waals surface area contributed by atoms with E-state index in [2.05, 4.69) is 20.5 Å². The summed E-state index contributed by atoms with van der Waals surface area (Å²) < 4.78 is 0. The lowest BCUT2D eigenvalue weighted by Gasteiger charge is -2.09. The number of rotatable bonds is 4. The van der Waals surface area contributed by atoms with Gasteiger partial charge in [0, 0.05) is 12.2 Å². The van der Waals surface area contributed by atoms with Gasteiger partial charge in [-0.3, -0.25) is 4.98 Å². The second-order valence-corrected chi connectivity index (χ2v) is 3.33. The molecule has 1 unspecified atom stereocenters. The number of aromatic amines is 2. The van der Waals surface area contributed by atoms with E-state index in [4.69, 9.17) is 0 Å². The molecule has 2 aromatic rings. The molecule has 0 bridgehead atoms. The van der Waals surface area contributed by atoms with Crippen molar-refractivity contribution in [1.29, 1.82) is 0 Å². The number of aromatic nitrogens is 3. The average Bonchev–Trinajstić information content (AvgIpc) is 2.74. The van der Waals surface area contributed by atoms with Gasteiger partial charge in [-0.1, -0.05) is 18.2 Å². The maximum Gasteiger partial charge on any atom is 0.340 e. The zero-order chi connectivity index (χ0) is 11.4. The molecule has 0 saturated heterocycles. The molecule has 0 spiro atoms. The summed E-state index contributed by atoms with van der Waals surface area (Å²) in [4.78, 5) is 13.2. The number of benzene rings is 1. The number of nitrogens with one attached hydrogen (secondary N) is 3. The minimum absolute atomic E-state index is 0.230. The Morgan fingerprint density at radius 2 is 2.12 bits per heavy atom. The SMILES string of the molecule is O=c1[nH]nc(C(O)CNc2ccccc2)[nH]1. The lowest BCUT2D eigenvalue weighted by molar-refractivity contribution is 0.182. The number of anilines is 1. The molecular formula is C10H12N4O2. The molecule has 0 fully saturated rings. The number of aliphatic hydroxyl groups excluding tert-OH is 1. The Morgan fingerprint density at radius 1 is 1.38 bits per heavy atom. The van der Waals surface area contributed by atoms with Crippen LogP contribution in [0, 0.1) is 0 Å². The molecule has 0 radical (unpaired) electrons. The second-order valence-electron chi connectivity index (χ2n) is 3.33. The average molecular weight is 220 g/mol. The standard InChI is InChI=1S/C10H12N4O2/c15-8(9-12-10(16)14-13-9)6-11-7-4-2-1-3-5-7/h1-5,8,11,15H,6H2,(H2,12,13,14,16). The summed E-state index contributed by atoms with van der Waals surface area (Å²) in [5.41, 5.74) is 0.480. The molecule has 4 N–H and O–H groups in total. The van der Waals surface area contributed by atoms with Gasteiger partial charge < -0.3 is 10.4 Å². The van der Waals surface area contributed by atoms with E-state index < -0.39 is 11.8 Å². The third kappa shape index (κ3) is 2.48. The Kier molecular flexibility index (Phi) is 3.02. The first-order valence-corrected chi connectivity index (χ1v) is 4.87. The van der Waals surface area contributed by atoms with Crippen LogP contribution in [-0.4, -0.2) is 26.8 Å². The van der Waals surface area contributed by atoms with E-state index in [0.29, 0.717) is 0 Å². The molecule has 1 aromatic carbocycles. The molecule has 1 atom stereocenters. The van der Waals surface area contributed by atoms with Crippen LogP contribution in [0.15, 0.2) is 35.1 Å². The summed E-state index contributed by atoms with van der Waals surface area (Å²) >= 11 is 0. The molecule has 0 aliphatic rings. The van der Waals surface area contributed by atoms with E-state index in [1.54, 1.807) is 0 Å². The number of hydrogen-bond acceptors (Lipinski definition) is 4. The normalized spacial score (nSPS) is 12.3. The van der Waals surface area contributed by atoms with E-state index in [9.17, 15) is 9.90 Å². The van der Waals surface area contributed by atoms with Crippen LogP contribution in [0.2, 0.25) is 0 Å². The van der Waals surface area contributed by atoms with Crippen molar-refractivity contribution in [3.8, 4) is 0 Å². The predicted molar refractivity (Wildman–Crippen MR) is 59.1 cm³/mol. The molecule has 1 heterocycles. The minimum Gasteiger partial charge on any atom is -0.383 e. The topological polar surface area (TPSA) is 93.8 Å². The van der Waals surface area contributed by atoms with Crippen LogP contribution in [0.4, 0.5) is 5.69 Å². The fraction of sp³-hybridized carbons (Fsp3) is 0.200. The van der Waals surface area contributed by atoms with E-state index in [1.807, 2.05) is 30.3 Å². The van der Waals surface area contributed by atoms with Crippen molar-refractivity contribution in [2.75, 3.05) is 11.9 Å². The zero-order valence-electron chi connectivity index (χ0n) is 8.47. The molecule has 0 amide bonds. The summed E-state index contributed by atoms with van der Waals surface area (Å²) in [7, 11) is 0. The Labute approximate surface area is 91.3 Å². The number of nitrogens with zero attached hydrogens (tertiary/aromatic N) is 1. The summed E-state index contributed by atoms with van der Waals surface area (Å²) in [6.45, 7) is 0.283. The van der Waals surface area contributed by atoms with Crippen molar-refractivity contribution >= 4 is 5.69 Å². The van der Waals surface area contributed by atoms with E-state index in [-0.39, 0.29) is 12.4 Å². The molecular weight excluding hydrogens is 208 g/mol. The van der Waals surface area contributed by atoms with Gasteiger partial charge in [0.2, 0.25) is 0 Å². The van der Waals surface area contributed by atoms with Crippen LogP contribution in [-0.2, 0) is 0 Å². The molecule has 6 heteroatoms. The molecule has 16 heavy (non-hydrogen) atoms. The lowest BCUT2D eigenvalue weighted by Crippen LogP contribution is -2.14. The van der Waals surface area contributed by atoms with Gasteiger partial charge in [0.05, 0.1) is 0 Å². The van der Waals surface area contributed by atoms with Gasteiger partial charge in [-0.15, -0.1) is 0 Å². The Hall–Kier alpha value is -2.08. The fourth-order valence-electron chi connectivity index (χ4n) is 1.31. The van der Waals surface area contributed by atoms with Crippen LogP contribution in [0.5, 0.6) is 0 Å². The van der Waals surface area contributed by atoms with Crippen LogP contribution in [0.1, 0.15) is 11.9 Å². The monoisotopic (exact) mass is 220 g/mol. The number of aliphatic hydroxyl groups is 1. The van der Waals surface area contributed by atoms with Crippen molar-refractivity contribution < 1.29 is 5.11 Å². The Bertz CT molecular complexity index is 491. The first-order valence-electron chi connectivity index (χ1n) is 4.87. The molecule has 0 aliphatic heterocycles. The van der Waals surface area contributed by atoms with E-state index >= 15 is 0 Å². The van der Waals surface area contributed by atoms with Crippen molar-refractivity contribution in [3.05, 3.63) is 46.6 Å². The van der Waals surface area contributed by atoms with Gasteiger partial charge in [0.15, 0.2) is 5.82 Å². The van der Waals surface area contributed by atoms with Crippen LogP contribution in [0.25, 0.3) is 0 Å². The highest BCUT2D eigenvalue weighted by Gasteiger charge is 2.10. The molecule has 84 valence electrons. The summed E-state index contributed by atoms with van der Waals surface area (Å²) in [5, 5.41) is 18.5. The van der Waals surface area contributed by atoms with Gasteiger partial charge >= 0.3 is 5.69 Å². The largest absolute Gasteiger partial charge is 0.383 e. The number of para-hydroxylation sites is 1. The first-order chi connectivity index (χ1) is 7.75. The molecule has 0 aliphatic carbocycles. The third-order valence-corrected chi connectivity index (χ3v) is 2.11. The smallest absolute Gasteiger partial charge is 0.340 e. The van der Waals surface area contributed by atoms with Crippen molar-refractivity contribution in [3.63, 3.8) is 0 Å². The quantitative estimate of drug-likeness (QED) is 0.594. The Balaban J connectivity index is 1.94. The maximum atomic E-state index is 10.8. The lowest BCUT2D eigenvalue weighted by atomic mass is 10.3. The van der Waals surface area contributed by atoms with Crippen LogP contribution >= 0.6 is 0 Å². The van der Waals surface area contributed by atoms with Crippen molar-refractivity contribution in [2.24, 2.45) is 0 Å². The van der Waals surface area contributed by atoms with E-state index in [1.165, 1.54) is 0 Å². The predicted octanol–water partition coefficient (Wildman–Crippen LogP) is 0.243. The van der Waals surface area contributed by atoms with E-state index in [0.717, 1.165) is 5.69 Å². The van der Waals surface area contributed by atoms with Gasteiger partial charge in [-0.25, -0.2) is 9.89 Å². The summed E-state index contributed by atoms with van der Waals surface area (Å²) in [6, 6.07) is 9.48. The Morgan fingerprint density at radius 3 is 2.75 bits per heavy atom. The van der Waals surface area contributed by atoms with Gasteiger partial charge in [-0.05, 0) is 12.1 Å². The van der Waals surface area contributed by atoms with Gasteiger partial charge in [0.25, 0.3) is 0 Å². The zero-order valence-corrected chi connectivity index (χ0v) is 8.47. The number of hydrogen-bond donors (Lipinski definition) is 4. The first kappa shape index (κ1) is 10.4. The second kappa shape index (κ2) is 4.63. The highest BCUT2D eigenvalue weighted by atomic mass is 16.3. The molecule has 6 nitrogen and oxygen atoms in total. The fourth-order valence-corrected chi connectivity index (χ4v) is 1.31. The minimum atomic E-state index is -0.848. The van der Waals surface area contributed by atoms with Crippen molar-refractivity contribution in [2.45, 2.75) is 6.10 Å². The van der Waals surface area contributed by atoms with Crippen LogP contribution < -0.4 is 11.0 Å². The third-order valence-electron chi connectivity index (χ3n) is 2.11. The van der Waals surface area contributed by atoms with Gasteiger partial charge in [0.1, 0.15) is 6.10 Å².